The molecule has 0 saturated heterocycles. The zero-order chi connectivity index (χ0) is 13.0. The minimum atomic E-state index is -1.35. The highest BCUT2D eigenvalue weighted by Crippen LogP contribution is 2.24. The molecule has 18 heavy (non-hydrogen) atoms. The number of hydrogen-bond acceptors (Lipinski definition) is 2. The third-order valence-corrected chi connectivity index (χ3v) is 2.41. The van der Waals surface area contributed by atoms with E-state index < -0.39 is 17.9 Å². The summed E-state index contributed by atoms with van der Waals surface area (Å²) in [5, 5.41) is 9.12. The second-order valence-electron chi connectivity index (χ2n) is 3.67. The van der Waals surface area contributed by atoms with E-state index in [1.807, 2.05) is 0 Å². The molecule has 3 nitrogen and oxygen atoms in total. The Kier molecular flexibility index (Phi) is 3.57. The van der Waals surface area contributed by atoms with E-state index in [9.17, 15) is 9.18 Å². The lowest BCUT2D eigenvalue weighted by Crippen LogP contribution is -2.19. The molecule has 0 fully saturated rings. The highest BCUT2D eigenvalue weighted by Gasteiger charge is 2.24. The van der Waals surface area contributed by atoms with Crippen LogP contribution in [0.4, 0.5) is 4.39 Å². The Morgan fingerprint density at radius 2 is 1.67 bits per heavy atom. The van der Waals surface area contributed by atoms with Gasteiger partial charge in [-0.1, -0.05) is 36.4 Å². The van der Waals surface area contributed by atoms with E-state index in [2.05, 4.69) is 0 Å². The summed E-state index contributed by atoms with van der Waals surface area (Å²) in [5.74, 6) is -1.45. The highest BCUT2D eigenvalue weighted by molar-refractivity contribution is 5.75. The van der Waals surface area contributed by atoms with E-state index in [1.54, 1.807) is 36.4 Å². The van der Waals surface area contributed by atoms with Crippen LogP contribution in [0.15, 0.2) is 54.6 Å². The number of carbonyl (C=O) groups is 1. The third-order valence-electron chi connectivity index (χ3n) is 2.41. The van der Waals surface area contributed by atoms with Gasteiger partial charge < -0.3 is 9.84 Å². The van der Waals surface area contributed by atoms with E-state index in [0.717, 1.165) is 0 Å². The fourth-order valence-electron chi connectivity index (χ4n) is 1.57. The van der Waals surface area contributed by atoms with Gasteiger partial charge >= 0.3 is 5.97 Å². The molecule has 0 saturated carbocycles. The molecule has 0 bridgehead atoms. The number of rotatable bonds is 4. The molecule has 0 spiro atoms. The lowest BCUT2D eigenvalue weighted by molar-refractivity contribution is -0.145. The van der Waals surface area contributed by atoms with Crippen molar-refractivity contribution >= 4 is 5.97 Å². The number of carboxylic acid groups (broad SMARTS) is 1. The van der Waals surface area contributed by atoms with Crippen molar-refractivity contribution in [3.05, 3.63) is 66.0 Å². The number of ether oxygens (including phenoxy) is 1. The van der Waals surface area contributed by atoms with Crippen LogP contribution in [0.1, 0.15) is 11.7 Å². The lowest BCUT2D eigenvalue weighted by atomic mass is 10.1. The minimum absolute atomic E-state index is 0.00820. The number of hydrogen-bond donors (Lipinski definition) is 1. The van der Waals surface area contributed by atoms with E-state index in [0.29, 0.717) is 5.75 Å². The van der Waals surface area contributed by atoms with Gasteiger partial charge in [-0.15, -0.1) is 0 Å². The van der Waals surface area contributed by atoms with Crippen LogP contribution in [0.2, 0.25) is 0 Å². The molecular weight excluding hydrogens is 235 g/mol. The van der Waals surface area contributed by atoms with E-state index in [4.69, 9.17) is 9.84 Å². The SMILES string of the molecule is O=C(O)C(Oc1ccccc1)c1ccccc1F. The van der Waals surface area contributed by atoms with Crippen LogP contribution < -0.4 is 4.74 Å². The van der Waals surface area contributed by atoms with Gasteiger partial charge in [-0.05, 0) is 18.2 Å². The largest absolute Gasteiger partial charge is 0.478 e. The smallest absolute Gasteiger partial charge is 0.349 e. The topological polar surface area (TPSA) is 46.5 Å². The maximum absolute atomic E-state index is 13.6. The summed E-state index contributed by atoms with van der Waals surface area (Å²) in [7, 11) is 0. The summed E-state index contributed by atoms with van der Waals surface area (Å²) in [6, 6.07) is 14.1. The molecule has 4 heteroatoms. The monoisotopic (exact) mass is 246 g/mol. The zero-order valence-electron chi connectivity index (χ0n) is 9.42. The van der Waals surface area contributed by atoms with E-state index >= 15 is 0 Å². The van der Waals surface area contributed by atoms with Crippen molar-refractivity contribution in [3.63, 3.8) is 0 Å². The first-order valence-corrected chi connectivity index (χ1v) is 5.37. The molecule has 92 valence electrons. The minimum Gasteiger partial charge on any atom is -0.478 e. The van der Waals surface area contributed by atoms with Gasteiger partial charge in [-0.2, -0.15) is 0 Å². The van der Waals surface area contributed by atoms with Gasteiger partial charge in [0.2, 0.25) is 6.10 Å². The maximum Gasteiger partial charge on any atom is 0.349 e. The maximum atomic E-state index is 13.6. The quantitative estimate of drug-likeness (QED) is 0.901. The van der Waals surface area contributed by atoms with Crippen molar-refractivity contribution < 1.29 is 19.0 Å². The molecule has 0 aliphatic carbocycles. The Morgan fingerprint density at radius 3 is 2.28 bits per heavy atom. The fourth-order valence-corrected chi connectivity index (χ4v) is 1.57. The van der Waals surface area contributed by atoms with Crippen LogP contribution in [-0.2, 0) is 4.79 Å². The molecule has 0 aromatic heterocycles. The van der Waals surface area contributed by atoms with Crippen molar-refractivity contribution in [2.24, 2.45) is 0 Å². The number of aliphatic carboxylic acids is 1. The summed E-state index contributed by atoms with van der Waals surface area (Å²) >= 11 is 0. The van der Waals surface area contributed by atoms with Crippen LogP contribution in [0, 0.1) is 5.82 Å². The molecule has 0 radical (unpaired) electrons. The van der Waals surface area contributed by atoms with Crippen molar-refractivity contribution in [1.82, 2.24) is 0 Å². The summed E-state index contributed by atoms with van der Waals surface area (Å²) in [6.07, 6.45) is -1.35. The standard InChI is InChI=1S/C14H11FO3/c15-12-9-5-4-8-11(12)13(14(16)17)18-10-6-2-1-3-7-10/h1-9,13H,(H,16,17). The average Bonchev–Trinajstić information content (AvgIpc) is 2.38. The van der Waals surface area contributed by atoms with Crippen molar-refractivity contribution in [2.45, 2.75) is 6.10 Å². The number of benzene rings is 2. The first-order valence-electron chi connectivity index (χ1n) is 5.37. The van der Waals surface area contributed by atoms with Crippen LogP contribution in [0.25, 0.3) is 0 Å². The molecule has 0 aliphatic heterocycles. The molecule has 2 rings (SSSR count). The van der Waals surface area contributed by atoms with Crippen molar-refractivity contribution in [3.8, 4) is 5.75 Å². The summed E-state index contributed by atoms with van der Waals surface area (Å²) in [4.78, 5) is 11.2. The molecule has 1 atom stereocenters. The Hall–Kier alpha value is -2.36. The van der Waals surface area contributed by atoms with Crippen LogP contribution in [0.3, 0.4) is 0 Å². The van der Waals surface area contributed by atoms with Gasteiger partial charge in [-0.25, -0.2) is 9.18 Å². The number of halogens is 1. The predicted molar refractivity (Wildman–Crippen MR) is 63.8 cm³/mol. The summed E-state index contributed by atoms with van der Waals surface area (Å²) < 4.78 is 18.9. The molecular formula is C14H11FO3. The van der Waals surface area contributed by atoms with Gasteiger partial charge in [-0.3, -0.25) is 0 Å². The average molecular weight is 246 g/mol. The molecule has 2 aromatic rings. The molecule has 0 heterocycles. The van der Waals surface area contributed by atoms with Gasteiger partial charge in [0.05, 0.1) is 0 Å². The predicted octanol–water partition coefficient (Wildman–Crippen LogP) is 3.03. The van der Waals surface area contributed by atoms with Crippen molar-refractivity contribution in [1.29, 1.82) is 0 Å². The van der Waals surface area contributed by atoms with Gasteiger partial charge in [0.1, 0.15) is 11.6 Å². The van der Waals surface area contributed by atoms with Crippen LogP contribution >= 0.6 is 0 Å². The molecule has 1 N–H and O–H groups in total. The summed E-state index contributed by atoms with van der Waals surface area (Å²) in [6.45, 7) is 0. The normalized spacial score (nSPS) is 11.8. The Bertz CT molecular complexity index is 540. The third kappa shape index (κ3) is 2.66. The van der Waals surface area contributed by atoms with E-state index in [1.165, 1.54) is 18.2 Å². The number of para-hydroxylation sites is 1. The lowest BCUT2D eigenvalue weighted by Gasteiger charge is -2.15. The Balaban J connectivity index is 2.30. The second kappa shape index (κ2) is 5.31. The van der Waals surface area contributed by atoms with Crippen molar-refractivity contribution in [2.75, 3.05) is 0 Å². The van der Waals surface area contributed by atoms with Crippen LogP contribution in [0.5, 0.6) is 5.75 Å². The van der Waals surface area contributed by atoms with Gasteiger partial charge in [0.25, 0.3) is 0 Å². The first kappa shape index (κ1) is 12.1. The Morgan fingerprint density at radius 1 is 1.06 bits per heavy atom. The number of carboxylic acids is 1. The molecule has 1 unspecified atom stereocenters. The fraction of sp³-hybridized carbons (Fsp3) is 0.0714. The molecule has 0 amide bonds. The highest BCUT2D eigenvalue weighted by atomic mass is 19.1. The second-order valence-corrected chi connectivity index (χ2v) is 3.67. The Labute approximate surface area is 103 Å². The van der Waals surface area contributed by atoms with Gasteiger partial charge in [0.15, 0.2) is 0 Å². The first-order chi connectivity index (χ1) is 8.68. The molecule has 0 aliphatic rings. The van der Waals surface area contributed by atoms with Crippen LogP contribution in [-0.4, -0.2) is 11.1 Å². The molecule has 2 aromatic carbocycles. The summed E-state index contributed by atoms with van der Waals surface area (Å²) in [5.41, 5.74) is 0.00820. The zero-order valence-corrected chi connectivity index (χ0v) is 9.42. The van der Waals surface area contributed by atoms with Gasteiger partial charge in [0, 0.05) is 5.56 Å². The van der Waals surface area contributed by atoms with E-state index in [-0.39, 0.29) is 5.56 Å².